The third-order valence-corrected chi connectivity index (χ3v) is 4.63. The number of likely N-dealkylation sites (N-methyl/N-ethyl adjacent to an activating group) is 2. The highest BCUT2D eigenvalue weighted by atomic mass is 16.3. The van der Waals surface area contributed by atoms with Crippen molar-refractivity contribution in [1.82, 2.24) is 15.1 Å². The van der Waals surface area contributed by atoms with Crippen molar-refractivity contribution in [2.24, 2.45) is 0 Å². The molecule has 1 aromatic rings. The van der Waals surface area contributed by atoms with Gasteiger partial charge in [0, 0.05) is 12.1 Å². The van der Waals surface area contributed by atoms with Crippen molar-refractivity contribution in [2.75, 3.05) is 34.7 Å². The summed E-state index contributed by atoms with van der Waals surface area (Å²) in [6.45, 7) is 4.92. The summed E-state index contributed by atoms with van der Waals surface area (Å²) < 4.78 is 5.93. The van der Waals surface area contributed by atoms with E-state index in [1.165, 1.54) is 24.8 Å². The van der Waals surface area contributed by atoms with E-state index in [2.05, 4.69) is 49.2 Å². The predicted octanol–water partition coefficient (Wildman–Crippen LogP) is 2.22. The summed E-state index contributed by atoms with van der Waals surface area (Å²) in [6.07, 6.45) is 3.98. The maximum absolute atomic E-state index is 5.93. The first-order valence-electron chi connectivity index (χ1n) is 7.55. The Morgan fingerprint density at radius 3 is 2.50 bits per heavy atom. The Morgan fingerprint density at radius 1 is 1.30 bits per heavy atom. The molecular formula is C16H29N3O. The Morgan fingerprint density at radius 2 is 2.00 bits per heavy atom. The zero-order chi connectivity index (χ0) is 14.8. The second-order valence-corrected chi connectivity index (χ2v) is 6.49. The Bertz CT molecular complexity index is 435. The lowest BCUT2D eigenvalue weighted by Gasteiger charge is -2.49. The number of hydrogen-bond acceptors (Lipinski definition) is 4. The second kappa shape index (κ2) is 6.29. The summed E-state index contributed by atoms with van der Waals surface area (Å²) in [5.74, 6) is 2.13. The lowest BCUT2D eigenvalue weighted by atomic mass is 9.75. The average molecular weight is 279 g/mol. The second-order valence-electron chi connectivity index (χ2n) is 6.49. The molecule has 0 atom stereocenters. The van der Waals surface area contributed by atoms with Gasteiger partial charge in [-0.05, 0) is 66.0 Å². The van der Waals surface area contributed by atoms with Crippen LogP contribution < -0.4 is 5.32 Å². The van der Waals surface area contributed by atoms with Gasteiger partial charge in [0.05, 0.1) is 13.1 Å². The molecule has 0 spiro atoms. The molecule has 0 unspecified atom stereocenters. The molecule has 1 fully saturated rings. The number of aryl methyl sites for hydroxylation is 1. The number of hydrogen-bond donors (Lipinski definition) is 1. The fraction of sp³-hybridized carbons (Fsp3) is 0.750. The van der Waals surface area contributed by atoms with E-state index in [1.807, 2.05) is 7.05 Å². The molecular weight excluding hydrogens is 250 g/mol. The summed E-state index contributed by atoms with van der Waals surface area (Å²) in [7, 11) is 8.55. The van der Waals surface area contributed by atoms with Gasteiger partial charge in [-0.1, -0.05) is 0 Å². The van der Waals surface area contributed by atoms with Crippen molar-refractivity contribution >= 4 is 0 Å². The molecule has 1 aliphatic rings. The van der Waals surface area contributed by atoms with Crippen molar-refractivity contribution in [3.63, 3.8) is 0 Å². The molecule has 1 N–H and O–H groups in total. The van der Waals surface area contributed by atoms with Gasteiger partial charge in [0.2, 0.25) is 0 Å². The first kappa shape index (κ1) is 15.5. The molecule has 0 amide bonds. The summed E-state index contributed by atoms with van der Waals surface area (Å²) >= 11 is 0. The van der Waals surface area contributed by atoms with Crippen LogP contribution >= 0.6 is 0 Å². The summed E-state index contributed by atoms with van der Waals surface area (Å²) in [6, 6.07) is 2.17. The Kier molecular flexibility index (Phi) is 4.89. The molecule has 2 rings (SSSR count). The monoisotopic (exact) mass is 279 g/mol. The van der Waals surface area contributed by atoms with Gasteiger partial charge >= 0.3 is 0 Å². The Labute approximate surface area is 123 Å². The van der Waals surface area contributed by atoms with Gasteiger partial charge in [0.15, 0.2) is 0 Å². The molecule has 0 radical (unpaired) electrons. The minimum absolute atomic E-state index is 0.379. The standard InChI is InChI=1S/C16H29N3O/c1-13-9-14(20-15(13)10-17-2)11-19(5)12-16(18(3)4)7-6-8-16/h9,17H,6-8,10-12H2,1-5H3. The summed E-state index contributed by atoms with van der Waals surface area (Å²) in [5.41, 5.74) is 1.62. The minimum atomic E-state index is 0.379. The van der Waals surface area contributed by atoms with Crippen LogP contribution in [-0.4, -0.2) is 50.1 Å². The molecule has 114 valence electrons. The molecule has 1 aliphatic carbocycles. The molecule has 20 heavy (non-hydrogen) atoms. The topological polar surface area (TPSA) is 31.7 Å². The normalized spacial score (nSPS) is 17.8. The lowest BCUT2D eigenvalue weighted by molar-refractivity contribution is 0.0243. The maximum atomic E-state index is 5.93. The van der Waals surface area contributed by atoms with E-state index in [0.717, 1.165) is 31.2 Å². The highest BCUT2D eigenvalue weighted by Crippen LogP contribution is 2.36. The summed E-state index contributed by atoms with van der Waals surface area (Å²) in [4.78, 5) is 4.79. The molecule has 0 saturated heterocycles. The highest BCUT2D eigenvalue weighted by molar-refractivity contribution is 5.20. The quantitative estimate of drug-likeness (QED) is 0.829. The van der Waals surface area contributed by atoms with Crippen LogP contribution in [-0.2, 0) is 13.1 Å². The van der Waals surface area contributed by atoms with Crippen LogP contribution in [0.5, 0.6) is 0 Å². The number of rotatable bonds is 7. The Hall–Kier alpha value is -0.840. The van der Waals surface area contributed by atoms with Crippen LogP contribution in [0.3, 0.4) is 0 Å². The minimum Gasteiger partial charge on any atom is -0.463 e. The van der Waals surface area contributed by atoms with Crippen LogP contribution in [0.2, 0.25) is 0 Å². The SMILES string of the molecule is CNCc1oc(CN(C)CC2(N(C)C)CCC2)cc1C. The number of nitrogens with one attached hydrogen (secondary N) is 1. The maximum Gasteiger partial charge on any atom is 0.120 e. The third kappa shape index (κ3) is 3.25. The molecule has 0 aromatic carbocycles. The van der Waals surface area contributed by atoms with Crippen molar-refractivity contribution in [3.05, 3.63) is 23.2 Å². The van der Waals surface area contributed by atoms with E-state index in [-0.39, 0.29) is 0 Å². The third-order valence-electron chi connectivity index (χ3n) is 4.63. The predicted molar refractivity (Wildman–Crippen MR) is 82.8 cm³/mol. The first-order chi connectivity index (χ1) is 9.47. The van der Waals surface area contributed by atoms with E-state index in [0.29, 0.717) is 5.54 Å². The van der Waals surface area contributed by atoms with Crippen molar-refractivity contribution in [3.8, 4) is 0 Å². The van der Waals surface area contributed by atoms with Gasteiger partial charge in [0.1, 0.15) is 11.5 Å². The Balaban J connectivity index is 1.94. The first-order valence-corrected chi connectivity index (χ1v) is 7.55. The van der Waals surface area contributed by atoms with E-state index in [1.54, 1.807) is 0 Å². The molecule has 1 saturated carbocycles. The fourth-order valence-corrected chi connectivity index (χ4v) is 3.16. The fourth-order valence-electron chi connectivity index (χ4n) is 3.16. The molecule has 1 heterocycles. The molecule has 1 aromatic heterocycles. The van der Waals surface area contributed by atoms with Gasteiger partial charge in [0.25, 0.3) is 0 Å². The van der Waals surface area contributed by atoms with E-state index >= 15 is 0 Å². The summed E-state index contributed by atoms with van der Waals surface area (Å²) in [5, 5.41) is 3.15. The van der Waals surface area contributed by atoms with Gasteiger partial charge in [-0.2, -0.15) is 0 Å². The molecule has 0 bridgehead atoms. The van der Waals surface area contributed by atoms with Crippen LogP contribution in [0, 0.1) is 6.92 Å². The zero-order valence-electron chi connectivity index (χ0n) is 13.6. The van der Waals surface area contributed by atoms with Gasteiger partial charge < -0.3 is 14.6 Å². The molecule has 0 aliphatic heterocycles. The zero-order valence-corrected chi connectivity index (χ0v) is 13.6. The van der Waals surface area contributed by atoms with Gasteiger partial charge in [-0.15, -0.1) is 0 Å². The van der Waals surface area contributed by atoms with E-state index in [9.17, 15) is 0 Å². The van der Waals surface area contributed by atoms with Crippen LogP contribution in [0.4, 0.5) is 0 Å². The number of furan rings is 1. The van der Waals surface area contributed by atoms with Gasteiger partial charge in [-0.25, -0.2) is 0 Å². The van der Waals surface area contributed by atoms with E-state index < -0.39 is 0 Å². The van der Waals surface area contributed by atoms with Crippen LogP contribution in [0.15, 0.2) is 10.5 Å². The average Bonchev–Trinajstić information content (AvgIpc) is 2.64. The largest absolute Gasteiger partial charge is 0.463 e. The van der Waals surface area contributed by atoms with Crippen LogP contribution in [0.25, 0.3) is 0 Å². The van der Waals surface area contributed by atoms with Crippen LogP contribution in [0.1, 0.15) is 36.3 Å². The number of nitrogens with zero attached hydrogens (tertiary/aromatic N) is 2. The smallest absolute Gasteiger partial charge is 0.120 e. The van der Waals surface area contributed by atoms with Crippen molar-refractivity contribution in [1.29, 1.82) is 0 Å². The van der Waals surface area contributed by atoms with Gasteiger partial charge in [-0.3, -0.25) is 4.90 Å². The lowest BCUT2D eigenvalue weighted by Crippen LogP contribution is -2.56. The molecule has 4 nitrogen and oxygen atoms in total. The van der Waals surface area contributed by atoms with Crippen molar-refractivity contribution in [2.45, 2.75) is 44.8 Å². The molecule has 4 heteroatoms. The highest BCUT2D eigenvalue weighted by Gasteiger charge is 2.39. The van der Waals surface area contributed by atoms with Crippen molar-refractivity contribution < 1.29 is 4.42 Å². The van der Waals surface area contributed by atoms with E-state index in [4.69, 9.17) is 4.42 Å².